The van der Waals surface area contributed by atoms with Gasteiger partial charge in [-0.25, -0.2) is 0 Å². The molecule has 1 aromatic carbocycles. The smallest absolute Gasteiger partial charge is 0.269 e. The maximum atomic E-state index is 10.6. The summed E-state index contributed by atoms with van der Waals surface area (Å²) in [6.45, 7) is 10.8. The molecule has 0 heterocycles. The van der Waals surface area contributed by atoms with Gasteiger partial charge in [0.15, 0.2) is 0 Å². The lowest BCUT2D eigenvalue weighted by molar-refractivity contribution is -0.384. The number of nitro benzene ring substituents is 1. The molecule has 1 rings (SSSR count). The molecule has 0 fully saturated rings. The summed E-state index contributed by atoms with van der Waals surface area (Å²) in [6.07, 6.45) is -0.119. The fraction of sp³-hybridized carbons (Fsp3) is 0.429. The summed E-state index contributed by atoms with van der Waals surface area (Å²) < 4.78 is 0. The van der Waals surface area contributed by atoms with Gasteiger partial charge in [0.1, 0.15) is 0 Å². The Morgan fingerprint density at radius 1 is 1.37 bits per heavy atom. The molecule has 1 N–H and O–H groups in total. The third-order valence-electron chi connectivity index (χ3n) is 2.75. The van der Waals surface area contributed by atoms with E-state index in [-0.39, 0.29) is 5.69 Å². The maximum Gasteiger partial charge on any atom is 0.269 e. The van der Waals surface area contributed by atoms with E-state index >= 15 is 0 Å². The van der Waals surface area contributed by atoms with Gasteiger partial charge in [0.25, 0.3) is 5.69 Å². The molecule has 1 aromatic rings. The highest BCUT2D eigenvalue weighted by Gasteiger charge is 2.17. The van der Waals surface area contributed by atoms with Crippen molar-refractivity contribution in [3.05, 3.63) is 52.1 Å². The molecule has 104 valence electrons. The van der Waals surface area contributed by atoms with Crippen molar-refractivity contribution in [3.8, 4) is 0 Å². The van der Waals surface area contributed by atoms with Crippen LogP contribution in [0.3, 0.4) is 0 Å². The predicted octanol–water partition coefficient (Wildman–Crippen LogP) is 3.91. The third-order valence-corrected chi connectivity index (χ3v) is 4.31. The summed E-state index contributed by atoms with van der Waals surface area (Å²) in [6, 6.07) is 7.02. The van der Waals surface area contributed by atoms with Gasteiger partial charge in [-0.15, -0.1) is 6.58 Å². The van der Waals surface area contributed by atoms with Gasteiger partial charge in [0, 0.05) is 20.2 Å². The van der Waals surface area contributed by atoms with Gasteiger partial charge in [-0.2, -0.15) is 0 Å². The summed E-state index contributed by atoms with van der Waals surface area (Å²) in [7, 11) is -1.21. The number of rotatable bonds is 6. The Labute approximate surface area is 114 Å². The molecular weight excluding hydrogens is 258 g/mol. The van der Waals surface area contributed by atoms with Gasteiger partial charge in [-0.05, 0) is 30.2 Å². The molecule has 19 heavy (non-hydrogen) atoms. The van der Waals surface area contributed by atoms with E-state index in [4.69, 9.17) is 0 Å². The Hall–Kier alpha value is -1.46. The van der Waals surface area contributed by atoms with Crippen molar-refractivity contribution in [2.45, 2.75) is 38.2 Å². The molecule has 1 atom stereocenters. The van der Waals surface area contributed by atoms with Crippen molar-refractivity contribution < 1.29 is 10.0 Å². The number of non-ortho nitro benzene ring substituents is 1. The van der Waals surface area contributed by atoms with Crippen LogP contribution < -0.4 is 0 Å². The normalized spacial score (nSPS) is 13.1. The van der Waals surface area contributed by atoms with Crippen molar-refractivity contribution in [1.82, 2.24) is 0 Å². The van der Waals surface area contributed by atoms with Gasteiger partial charge in [0.2, 0.25) is 0 Å². The molecule has 4 nitrogen and oxygen atoms in total. The second kappa shape index (κ2) is 6.12. The number of benzene rings is 1. The van der Waals surface area contributed by atoms with Crippen molar-refractivity contribution in [1.29, 1.82) is 0 Å². The van der Waals surface area contributed by atoms with E-state index in [1.54, 1.807) is 12.1 Å². The average Bonchev–Trinajstić information content (AvgIpc) is 2.26. The summed E-state index contributed by atoms with van der Waals surface area (Å²) in [5.74, 6) is 0. The van der Waals surface area contributed by atoms with Crippen LogP contribution in [0.4, 0.5) is 5.69 Å². The molecule has 0 saturated heterocycles. The monoisotopic (exact) mass is 279 g/mol. The molecule has 0 aromatic heterocycles. The lowest BCUT2D eigenvalue weighted by Gasteiger charge is -2.19. The molecule has 5 heteroatoms. The van der Waals surface area contributed by atoms with Gasteiger partial charge < -0.3 is 5.11 Å². The molecule has 0 aliphatic heterocycles. The van der Waals surface area contributed by atoms with E-state index in [0.29, 0.717) is 12.0 Å². The van der Waals surface area contributed by atoms with E-state index < -0.39 is 19.1 Å². The number of aliphatic hydroxyl groups excluding tert-OH is 1. The standard InChI is InChI=1S/C14H21NO3Si/c1-11(10-19(2,3)4)9-14(16)12-5-7-13(8-6-12)15(17)18/h5-8,14,16H,1,9-10H2,2-4H3. The lowest BCUT2D eigenvalue weighted by atomic mass is 10.0. The summed E-state index contributed by atoms with van der Waals surface area (Å²) >= 11 is 0. The van der Waals surface area contributed by atoms with E-state index in [2.05, 4.69) is 26.2 Å². The molecule has 0 aliphatic carbocycles. The van der Waals surface area contributed by atoms with Crippen LogP contribution in [0, 0.1) is 10.1 Å². The number of hydrogen-bond acceptors (Lipinski definition) is 3. The summed E-state index contributed by atoms with van der Waals surface area (Å²) in [5.41, 5.74) is 1.78. The SMILES string of the molecule is C=C(CC(O)c1ccc([N+](=O)[O-])cc1)C[Si](C)(C)C. The number of aliphatic hydroxyl groups is 1. The van der Waals surface area contributed by atoms with Crippen molar-refractivity contribution in [2.75, 3.05) is 0 Å². The quantitative estimate of drug-likeness (QED) is 0.371. The van der Waals surface area contributed by atoms with E-state index in [0.717, 1.165) is 11.6 Å². The van der Waals surface area contributed by atoms with Crippen LogP contribution in [0.25, 0.3) is 0 Å². The average molecular weight is 279 g/mol. The Kier molecular flexibility index (Phi) is 5.02. The second-order valence-electron chi connectivity index (χ2n) is 6.06. The first kappa shape index (κ1) is 15.6. The molecule has 0 spiro atoms. The Balaban J connectivity index is 2.65. The number of nitrogens with zero attached hydrogens (tertiary/aromatic N) is 1. The first-order valence-corrected chi connectivity index (χ1v) is 9.99. The minimum atomic E-state index is -1.21. The Morgan fingerprint density at radius 2 is 1.89 bits per heavy atom. The van der Waals surface area contributed by atoms with E-state index in [9.17, 15) is 15.2 Å². The summed E-state index contributed by atoms with van der Waals surface area (Å²) in [4.78, 5) is 10.1. The van der Waals surface area contributed by atoms with Crippen LogP contribution >= 0.6 is 0 Å². The minimum absolute atomic E-state index is 0.0388. The van der Waals surface area contributed by atoms with Crippen molar-refractivity contribution in [2.24, 2.45) is 0 Å². The van der Waals surface area contributed by atoms with Gasteiger partial charge >= 0.3 is 0 Å². The minimum Gasteiger partial charge on any atom is -0.388 e. The molecular formula is C14H21NO3Si. The predicted molar refractivity (Wildman–Crippen MR) is 80.0 cm³/mol. The van der Waals surface area contributed by atoms with Crippen LogP contribution in [-0.4, -0.2) is 18.1 Å². The molecule has 0 radical (unpaired) electrons. The van der Waals surface area contributed by atoms with Crippen LogP contribution in [-0.2, 0) is 0 Å². The lowest BCUT2D eigenvalue weighted by Crippen LogP contribution is -2.20. The van der Waals surface area contributed by atoms with Gasteiger partial charge in [-0.3, -0.25) is 10.1 Å². The molecule has 0 aliphatic rings. The topological polar surface area (TPSA) is 63.4 Å². The van der Waals surface area contributed by atoms with Crippen LogP contribution in [0.2, 0.25) is 25.7 Å². The van der Waals surface area contributed by atoms with Gasteiger partial charge in [-0.1, -0.05) is 25.2 Å². The molecule has 0 amide bonds. The van der Waals surface area contributed by atoms with Crippen molar-refractivity contribution in [3.63, 3.8) is 0 Å². The van der Waals surface area contributed by atoms with E-state index in [1.165, 1.54) is 12.1 Å². The zero-order chi connectivity index (χ0) is 14.6. The van der Waals surface area contributed by atoms with Gasteiger partial charge in [0.05, 0.1) is 11.0 Å². The first-order valence-electron chi connectivity index (χ1n) is 6.28. The largest absolute Gasteiger partial charge is 0.388 e. The van der Waals surface area contributed by atoms with Crippen LogP contribution in [0.5, 0.6) is 0 Å². The first-order chi connectivity index (χ1) is 8.69. The Bertz CT molecular complexity index is 463. The molecule has 0 bridgehead atoms. The number of hydrogen-bond donors (Lipinski definition) is 1. The zero-order valence-corrected chi connectivity index (χ0v) is 12.7. The number of nitro groups is 1. The molecule has 0 saturated carbocycles. The highest BCUT2D eigenvalue weighted by molar-refractivity contribution is 6.76. The summed E-state index contributed by atoms with van der Waals surface area (Å²) in [5, 5.41) is 20.7. The fourth-order valence-electron chi connectivity index (χ4n) is 2.03. The fourth-order valence-corrected chi connectivity index (χ4v) is 3.68. The van der Waals surface area contributed by atoms with Crippen molar-refractivity contribution >= 4 is 13.8 Å². The maximum absolute atomic E-state index is 10.6. The van der Waals surface area contributed by atoms with E-state index in [1.807, 2.05) is 0 Å². The second-order valence-corrected chi connectivity index (χ2v) is 11.5. The highest BCUT2D eigenvalue weighted by atomic mass is 28.3. The highest BCUT2D eigenvalue weighted by Crippen LogP contribution is 2.26. The van der Waals surface area contributed by atoms with Crippen LogP contribution in [0.1, 0.15) is 18.1 Å². The molecule has 1 unspecified atom stereocenters. The zero-order valence-electron chi connectivity index (χ0n) is 11.7. The Morgan fingerprint density at radius 3 is 2.32 bits per heavy atom. The third kappa shape index (κ3) is 5.36. The van der Waals surface area contributed by atoms with Crippen LogP contribution in [0.15, 0.2) is 36.4 Å².